The highest BCUT2D eigenvalue weighted by Crippen LogP contribution is 2.24. The highest BCUT2D eigenvalue weighted by molar-refractivity contribution is 5.82. The van der Waals surface area contributed by atoms with Crippen molar-refractivity contribution in [2.75, 3.05) is 19.8 Å². The summed E-state index contributed by atoms with van der Waals surface area (Å²) in [7, 11) is 0. The van der Waals surface area contributed by atoms with Gasteiger partial charge in [-0.1, -0.05) is 18.2 Å². The molecule has 132 valence electrons. The van der Waals surface area contributed by atoms with E-state index in [4.69, 9.17) is 4.74 Å². The molecule has 6 nitrogen and oxygen atoms in total. The number of nitrogens with zero attached hydrogens (tertiary/aromatic N) is 1. The predicted molar refractivity (Wildman–Crippen MR) is 95.0 cm³/mol. The monoisotopic (exact) mass is 341 g/mol. The minimum atomic E-state index is -0.126. The fraction of sp³-hybridized carbons (Fsp3) is 0.421. The van der Waals surface area contributed by atoms with Crippen LogP contribution in [0.25, 0.3) is 10.9 Å². The summed E-state index contributed by atoms with van der Waals surface area (Å²) in [6.45, 7) is 2.96. The summed E-state index contributed by atoms with van der Waals surface area (Å²) in [6, 6.07) is 10.1. The van der Waals surface area contributed by atoms with Gasteiger partial charge in [-0.3, -0.25) is 14.6 Å². The summed E-state index contributed by atoms with van der Waals surface area (Å²) in [5, 5.41) is 6.82. The molecule has 0 saturated carbocycles. The normalized spacial score (nSPS) is 19.7. The Bertz CT molecular complexity index is 757. The van der Waals surface area contributed by atoms with Gasteiger partial charge in [0.05, 0.1) is 24.8 Å². The molecule has 0 bridgehead atoms. The second-order valence-electron chi connectivity index (χ2n) is 6.40. The molecule has 0 aliphatic carbocycles. The SMILES string of the molecule is CC(=O)NCCC(=O)N[C@H]1COC[C@H]1Cc1ccnc2ccccc12. The lowest BCUT2D eigenvalue weighted by Gasteiger charge is -2.20. The Labute approximate surface area is 147 Å². The molecule has 1 aromatic carbocycles. The third-order valence-electron chi connectivity index (χ3n) is 4.49. The minimum absolute atomic E-state index is 0.00300. The topological polar surface area (TPSA) is 80.3 Å². The molecular weight excluding hydrogens is 318 g/mol. The number of amides is 2. The molecule has 2 N–H and O–H groups in total. The zero-order valence-electron chi connectivity index (χ0n) is 14.3. The Morgan fingerprint density at radius 3 is 2.92 bits per heavy atom. The summed E-state index contributed by atoms with van der Waals surface area (Å²) in [6.07, 6.45) is 2.94. The van der Waals surface area contributed by atoms with Crippen molar-refractivity contribution in [2.24, 2.45) is 5.92 Å². The lowest BCUT2D eigenvalue weighted by atomic mass is 9.93. The van der Waals surface area contributed by atoms with E-state index in [0.717, 1.165) is 17.3 Å². The van der Waals surface area contributed by atoms with E-state index in [1.54, 1.807) is 0 Å². The van der Waals surface area contributed by atoms with Gasteiger partial charge < -0.3 is 15.4 Å². The van der Waals surface area contributed by atoms with Crippen molar-refractivity contribution < 1.29 is 14.3 Å². The summed E-state index contributed by atoms with van der Waals surface area (Å²) in [5.74, 6) is 0.0452. The molecule has 6 heteroatoms. The van der Waals surface area contributed by atoms with E-state index < -0.39 is 0 Å². The number of hydrogen-bond acceptors (Lipinski definition) is 4. The summed E-state index contributed by atoms with van der Waals surface area (Å²) >= 11 is 0. The number of ether oxygens (including phenoxy) is 1. The Kier molecular flexibility index (Phi) is 5.60. The quantitative estimate of drug-likeness (QED) is 0.833. The highest BCUT2D eigenvalue weighted by Gasteiger charge is 2.29. The van der Waals surface area contributed by atoms with Gasteiger partial charge in [-0.05, 0) is 24.1 Å². The van der Waals surface area contributed by atoms with Crippen molar-refractivity contribution in [1.29, 1.82) is 0 Å². The lowest BCUT2D eigenvalue weighted by Crippen LogP contribution is -2.41. The zero-order chi connectivity index (χ0) is 17.6. The Hall–Kier alpha value is -2.47. The van der Waals surface area contributed by atoms with E-state index in [1.807, 2.05) is 30.5 Å². The smallest absolute Gasteiger partial charge is 0.222 e. The summed E-state index contributed by atoms with van der Waals surface area (Å²) in [5.41, 5.74) is 2.20. The second-order valence-corrected chi connectivity index (χ2v) is 6.40. The van der Waals surface area contributed by atoms with Crippen LogP contribution in [0, 0.1) is 5.92 Å². The molecule has 25 heavy (non-hydrogen) atoms. The van der Waals surface area contributed by atoms with Crippen LogP contribution in [0.4, 0.5) is 0 Å². The predicted octanol–water partition coefficient (Wildman–Crippen LogP) is 1.43. The van der Waals surface area contributed by atoms with Crippen LogP contribution in [0.15, 0.2) is 36.5 Å². The molecule has 1 fully saturated rings. The first-order valence-electron chi connectivity index (χ1n) is 8.57. The van der Waals surface area contributed by atoms with Gasteiger partial charge in [0, 0.05) is 37.4 Å². The van der Waals surface area contributed by atoms with E-state index in [9.17, 15) is 9.59 Å². The summed E-state index contributed by atoms with van der Waals surface area (Å²) in [4.78, 5) is 27.3. The van der Waals surface area contributed by atoms with Gasteiger partial charge in [-0.2, -0.15) is 0 Å². The van der Waals surface area contributed by atoms with Gasteiger partial charge in [-0.25, -0.2) is 0 Å². The van der Waals surface area contributed by atoms with Crippen LogP contribution in [0.1, 0.15) is 18.9 Å². The largest absolute Gasteiger partial charge is 0.379 e. The van der Waals surface area contributed by atoms with Crippen molar-refractivity contribution in [2.45, 2.75) is 25.8 Å². The van der Waals surface area contributed by atoms with E-state index in [-0.39, 0.29) is 30.2 Å². The van der Waals surface area contributed by atoms with E-state index in [1.165, 1.54) is 12.5 Å². The van der Waals surface area contributed by atoms with E-state index in [2.05, 4.69) is 21.7 Å². The number of carbonyl (C=O) groups is 2. The number of aromatic nitrogens is 1. The number of rotatable bonds is 6. The molecule has 1 aliphatic heterocycles. The van der Waals surface area contributed by atoms with Crippen LogP contribution >= 0.6 is 0 Å². The molecule has 1 aliphatic rings. The number of fused-ring (bicyclic) bond motifs is 1. The van der Waals surface area contributed by atoms with Gasteiger partial charge in [0.1, 0.15) is 0 Å². The third kappa shape index (κ3) is 4.54. The average Bonchev–Trinajstić information content (AvgIpc) is 3.01. The van der Waals surface area contributed by atoms with Gasteiger partial charge in [0.25, 0.3) is 0 Å². The lowest BCUT2D eigenvalue weighted by molar-refractivity contribution is -0.122. The maximum atomic E-state index is 12.1. The van der Waals surface area contributed by atoms with Gasteiger partial charge in [0.15, 0.2) is 0 Å². The maximum absolute atomic E-state index is 12.1. The molecule has 0 spiro atoms. The number of benzene rings is 1. The molecule has 2 atom stereocenters. The Morgan fingerprint density at radius 1 is 1.24 bits per heavy atom. The molecule has 2 heterocycles. The molecule has 3 rings (SSSR count). The van der Waals surface area contributed by atoms with Crippen LogP contribution in [0.5, 0.6) is 0 Å². The van der Waals surface area contributed by atoms with Gasteiger partial charge in [0.2, 0.25) is 11.8 Å². The molecule has 2 aromatic rings. The van der Waals surface area contributed by atoms with E-state index >= 15 is 0 Å². The van der Waals surface area contributed by atoms with Crippen LogP contribution < -0.4 is 10.6 Å². The van der Waals surface area contributed by atoms with Crippen LogP contribution in [0.2, 0.25) is 0 Å². The van der Waals surface area contributed by atoms with Gasteiger partial charge >= 0.3 is 0 Å². The first kappa shape index (κ1) is 17.4. The van der Waals surface area contributed by atoms with Crippen molar-refractivity contribution in [3.63, 3.8) is 0 Å². The average molecular weight is 341 g/mol. The molecule has 0 radical (unpaired) electrons. The van der Waals surface area contributed by atoms with Crippen LogP contribution in [-0.4, -0.2) is 42.6 Å². The zero-order valence-corrected chi connectivity index (χ0v) is 14.3. The Morgan fingerprint density at radius 2 is 2.08 bits per heavy atom. The molecular formula is C19H23N3O3. The number of nitrogens with one attached hydrogen (secondary N) is 2. The minimum Gasteiger partial charge on any atom is -0.379 e. The molecule has 2 amide bonds. The number of pyridine rings is 1. The maximum Gasteiger partial charge on any atom is 0.222 e. The molecule has 0 unspecified atom stereocenters. The van der Waals surface area contributed by atoms with Crippen molar-refractivity contribution in [3.05, 3.63) is 42.1 Å². The highest BCUT2D eigenvalue weighted by atomic mass is 16.5. The molecule has 1 aromatic heterocycles. The number of para-hydroxylation sites is 1. The number of carbonyl (C=O) groups excluding carboxylic acids is 2. The van der Waals surface area contributed by atoms with Crippen molar-refractivity contribution in [1.82, 2.24) is 15.6 Å². The fourth-order valence-corrected chi connectivity index (χ4v) is 3.21. The van der Waals surface area contributed by atoms with Crippen molar-refractivity contribution >= 4 is 22.7 Å². The molecule has 1 saturated heterocycles. The second kappa shape index (κ2) is 8.07. The standard InChI is InChI=1S/C19H23N3O3/c1-13(23)20-9-7-19(24)22-18-12-25-11-15(18)10-14-6-8-21-17-5-3-2-4-16(14)17/h2-6,8,15,18H,7,9-12H2,1H3,(H,20,23)(H,22,24)/t15-,18+/m1/s1. The first-order chi connectivity index (χ1) is 12.1. The van der Waals surface area contributed by atoms with Crippen LogP contribution in [-0.2, 0) is 20.7 Å². The van der Waals surface area contributed by atoms with Gasteiger partial charge in [-0.15, -0.1) is 0 Å². The first-order valence-corrected chi connectivity index (χ1v) is 8.57. The van der Waals surface area contributed by atoms with E-state index in [0.29, 0.717) is 19.8 Å². The third-order valence-corrected chi connectivity index (χ3v) is 4.49. The van der Waals surface area contributed by atoms with Crippen LogP contribution in [0.3, 0.4) is 0 Å². The van der Waals surface area contributed by atoms with Crippen molar-refractivity contribution in [3.8, 4) is 0 Å². The Balaban J connectivity index is 1.61. The summed E-state index contributed by atoms with van der Waals surface area (Å²) < 4.78 is 5.60. The number of hydrogen-bond donors (Lipinski definition) is 2. The fourth-order valence-electron chi connectivity index (χ4n) is 3.21.